The minimum Gasteiger partial charge on any atom is -0.404 e. The van der Waals surface area contributed by atoms with Crippen molar-refractivity contribution in [3.8, 4) is 5.75 Å². The minimum absolute atomic E-state index is 0.168. The van der Waals surface area contributed by atoms with Gasteiger partial charge in [0.15, 0.2) is 0 Å². The third kappa shape index (κ3) is 5.57. The van der Waals surface area contributed by atoms with E-state index in [1.54, 1.807) is 0 Å². The molecule has 0 heterocycles. The highest BCUT2D eigenvalue weighted by atomic mass is 32.2. The summed E-state index contributed by atoms with van der Waals surface area (Å²) in [6.07, 6.45) is -10.1. The highest BCUT2D eigenvalue weighted by Gasteiger charge is 2.35. The number of alkyl halides is 6. The Bertz CT molecular complexity index is 924. The molecule has 0 saturated heterocycles. The molecule has 0 bridgehead atoms. The molecule has 0 saturated carbocycles. The van der Waals surface area contributed by atoms with E-state index in [-0.39, 0.29) is 5.56 Å². The summed E-state index contributed by atoms with van der Waals surface area (Å²) in [7, 11) is -4.53. The first-order valence-corrected chi connectivity index (χ1v) is 8.48. The van der Waals surface area contributed by atoms with Crippen LogP contribution < -0.4 is 9.46 Å². The van der Waals surface area contributed by atoms with E-state index in [4.69, 9.17) is 0 Å². The van der Waals surface area contributed by atoms with E-state index in [9.17, 15) is 39.2 Å². The molecule has 0 aliphatic heterocycles. The Balaban J connectivity index is 2.22. The Labute approximate surface area is 148 Å². The first kappa shape index (κ1) is 21.0. The average molecular weight is 417 g/mol. The lowest BCUT2D eigenvalue weighted by molar-refractivity contribution is -0.275. The van der Waals surface area contributed by atoms with Gasteiger partial charge in [0.2, 0.25) is 10.0 Å². The van der Waals surface area contributed by atoms with E-state index in [2.05, 4.69) is 4.74 Å². The van der Waals surface area contributed by atoms with Crippen molar-refractivity contribution in [2.75, 3.05) is 0 Å². The molecule has 27 heavy (non-hydrogen) atoms. The molecule has 2 aromatic rings. The Morgan fingerprint density at radius 2 is 1.59 bits per heavy atom. The normalized spacial score (nSPS) is 12.9. The van der Waals surface area contributed by atoms with E-state index in [1.165, 1.54) is 0 Å². The fourth-order valence-corrected chi connectivity index (χ4v) is 3.18. The number of halogens is 7. The predicted octanol–water partition coefficient (Wildman–Crippen LogP) is 4.22. The Hall–Kier alpha value is -2.34. The van der Waals surface area contributed by atoms with Gasteiger partial charge < -0.3 is 4.74 Å². The highest BCUT2D eigenvalue weighted by molar-refractivity contribution is 7.89. The molecule has 0 unspecified atom stereocenters. The molecule has 0 radical (unpaired) electrons. The SMILES string of the molecule is O=S(=O)(NCc1ccc(C(F)(F)F)c(F)c1)c1ccccc1OC(F)(F)F. The maximum Gasteiger partial charge on any atom is 0.573 e. The first-order valence-electron chi connectivity index (χ1n) is 7.00. The van der Waals surface area contributed by atoms with Crippen LogP contribution in [0.15, 0.2) is 47.4 Å². The summed E-state index contributed by atoms with van der Waals surface area (Å²) in [5.41, 5.74) is -1.70. The van der Waals surface area contributed by atoms with Crippen LogP contribution in [0.4, 0.5) is 30.7 Å². The van der Waals surface area contributed by atoms with Gasteiger partial charge >= 0.3 is 12.5 Å². The van der Waals surface area contributed by atoms with Gasteiger partial charge in [-0.25, -0.2) is 17.5 Å². The van der Waals surface area contributed by atoms with Crippen molar-refractivity contribution in [2.24, 2.45) is 0 Å². The van der Waals surface area contributed by atoms with Gasteiger partial charge in [-0.15, -0.1) is 13.2 Å². The van der Waals surface area contributed by atoms with Gasteiger partial charge in [-0.3, -0.25) is 0 Å². The number of ether oxygens (including phenoxy) is 1. The van der Waals surface area contributed by atoms with Crippen molar-refractivity contribution >= 4 is 10.0 Å². The second-order valence-corrected chi connectivity index (χ2v) is 6.87. The minimum atomic E-state index is -5.14. The summed E-state index contributed by atoms with van der Waals surface area (Å²) >= 11 is 0. The molecule has 2 aromatic carbocycles. The van der Waals surface area contributed by atoms with Crippen LogP contribution >= 0.6 is 0 Å². The summed E-state index contributed by atoms with van der Waals surface area (Å²) in [5.74, 6) is -2.60. The molecule has 4 nitrogen and oxygen atoms in total. The third-order valence-electron chi connectivity index (χ3n) is 3.17. The zero-order valence-corrected chi connectivity index (χ0v) is 13.8. The lowest BCUT2D eigenvalue weighted by Gasteiger charge is -2.14. The van der Waals surface area contributed by atoms with Crippen LogP contribution in [0.25, 0.3) is 0 Å². The fourth-order valence-electron chi connectivity index (χ4n) is 2.04. The number of benzene rings is 2. The summed E-state index contributed by atoms with van der Waals surface area (Å²) in [6.45, 7) is -0.655. The van der Waals surface area contributed by atoms with Crippen LogP contribution in [0.1, 0.15) is 11.1 Å². The lowest BCUT2D eigenvalue weighted by atomic mass is 10.1. The lowest BCUT2D eigenvalue weighted by Crippen LogP contribution is -2.25. The third-order valence-corrected chi connectivity index (χ3v) is 4.61. The molecule has 12 heteroatoms. The molecular formula is C15H10F7NO3S. The van der Waals surface area contributed by atoms with Crippen molar-refractivity contribution in [1.29, 1.82) is 0 Å². The molecule has 0 atom stereocenters. The number of rotatable bonds is 5. The van der Waals surface area contributed by atoms with Crippen LogP contribution in [0.5, 0.6) is 5.75 Å². The fraction of sp³-hybridized carbons (Fsp3) is 0.200. The summed E-state index contributed by atoms with van der Waals surface area (Å²) in [4.78, 5) is -0.838. The molecule has 0 spiro atoms. The predicted molar refractivity (Wildman–Crippen MR) is 78.6 cm³/mol. The summed E-state index contributed by atoms with van der Waals surface area (Å²) < 4.78 is 118. The molecule has 0 fully saturated rings. The van der Waals surface area contributed by atoms with Gasteiger partial charge in [0, 0.05) is 6.54 Å². The molecule has 148 valence electrons. The first-order chi connectivity index (χ1) is 12.3. The molecule has 2 rings (SSSR count). The highest BCUT2D eigenvalue weighted by Crippen LogP contribution is 2.32. The maximum absolute atomic E-state index is 13.5. The average Bonchev–Trinajstić information content (AvgIpc) is 2.50. The van der Waals surface area contributed by atoms with Gasteiger partial charge in [0.1, 0.15) is 16.5 Å². The molecular weight excluding hydrogens is 407 g/mol. The van der Waals surface area contributed by atoms with Gasteiger partial charge in [0.25, 0.3) is 0 Å². The number of hydrogen-bond donors (Lipinski definition) is 1. The number of nitrogens with one attached hydrogen (secondary N) is 1. The van der Waals surface area contributed by atoms with Gasteiger partial charge in [-0.05, 0) is 29.8 Å². The van der Waals surface area contributed by atoms with E-state index in [0.29, 0.717) is 12.1 Å². The van der Waals surface area contributed by atoms with E-state index in [0.717, 1.165) is 30.3 Å². The van der Waals surface area contributed by atoms with Crippen LogP contribution in [0.3, 0.4) is 0 Å². The van der Waals surface area contributed by atoms with Crippen molar-refractivity contribution in [3.05, 3.63) is 59.4 Å². The van der Waals surface area contributed by atoms with E-state index < -0.39 is 51.1 Å². The van der Waals surface area contributed by atoms with Crippen molar-refractivity contribution < 1.29 is 43.9 Å². The number of hydrogen-bond acceptors (Lipinski definition) is 3. The molecule has 0 aliphatic rings. The second kappa shape index (κ2) is 7.35. The van der Waals surface area contributed by atoms with Gasteiger partial charge in [0.05, 0.1) is 5.56 Å². The smallest absolute Gasteiger partial charge is 0.404 e. The second-order valence-electron chi connectivity index (χ2n) is 5.13. The Kier molecular flexibility index (Phi) is 5.71. The molecule has 0 aliphatic carbocycles. The largest absolute Gasteiger partial charge is 0.573 e. The van der Waals surface area contributed by atoms with E-state index in [1.807, 2.05) is 4.72 Å². The van der Waals surface area contributed by atoms with Crippen molar-refractivity contribution in [1.82, 2.24) is 4.72 Å². The quantitative estimate of drug-likeness (QED) is 0.742. The Morgan fingerprint density at radius 1 is 0.963 bits per heavy atom. The standard InChI is InChI=1S/C15H10F7NO3S/c16-11-7-9(5-6-10(11)14(17,18)19)8-23-27(24,25)13-4-2-1-3-12(13)26-15(20,21)22/h1-7,23H,8H2. The summed E-state index contributed by atoms with van der Waals surface area (Å²) in [5, 5.41) is 0. The number of para-hydroxylation sites is 1. The zero-order chi connectivity index (χ0) is 20.5. The van der Waals surface area contributed by atoms with Crippen LogP contribution in [0.2, 0.25) is 0 Å². The van der Waals surface area contributed by atoms with Crippen LogP contribution in [-0.4, -0.2) is 14.8 Å². The van der Waals surface area contributed by atoms with Crippen molar-refractivity contribution in [3.63, 3.8) is 0 Å². The Morgan fingerprint density at radius 3 is 2.15 bits per heavy atom. The van der Waals surface area contributed by atoms with Gasteiger partial charge in [-0.1, -0.05) is 18.2 Å². The van der Waals surface area contributed by atoms with Crippen LogP contribution in [0, 0.1) is 5.82 Å². The topological polar surface area (TPSA) is 55.4 Å². The molecule has 1 N–H and O–H groups in total. The molecule has 0 aromatic heterocycles. The number of sulfonamides is 1. The maximum atomic E-state index is 13.5. The monoisotopic (exact) mass is 417 g/mol. The summed E-state index contributed by atoms with van der Waals surface area (Å²) in [6, 6.07) is 5.63. The van der Waals surface area contributed by atoms with Gasteiger partial charge in [-0.2, -0.15) is 13.2 Å². The molecule has 0 amide bonds. The van der Waals surface area contributed by atoms with Crippen molar-refractivity contribution in [2.45, 2.75) is 24.0 Å². The zero-order valence-electron chi connectivity index (χ0n) is 13.0. The van der Waals surface area contributed by atoms with Crippen LogP contribution in [-0.2, 0) is 22.7 Å². The van der Waals surface area contributed by atoms with E-state index >= 15 is 0 Å².